The molecule has 0 saturated heterocycles. The van der Waals surface area contributed by atoms with Gasteiger partial charge in [0, 0.05) is 6.39 Å². The maximum absolute atomic E-state index is 10.4. The van der Waals surface area contributed by atoms with Gasteiger partial charge in [0.15, 0.2) is 0 Å². The van der Waals surface area contributed by atoms with Gasteiger partial charge in [0.1, 0.15) is 0 Å². The SMILES string of the molecule is [2H]C(C(=O)O)c1ccccc1Cl. The molecule has 0 saturated carbocycles. The second-order valence-corrected chi connectivity index (χ2v) is 2.41. The Morgan fingerprint density at radius 2 is 2.27 bits per heavy atom. The van der Waals surface area contributed by atoms with Crippen molar-refractivity contribution in [1.82, 2.24) is 0 Å². The Morgan fingerprint density at radius 1 is 1.64 bits per heavy atom. The van der Waals surface area contributed by atoms with E-state index in [9.17, 15) is 4.79 Å². The summed E-state index contributed by atoms with van der Waals surface area (Å²) < 4.78 is 7.22. The van der Waals surface area contributed by atoms with Crippen LogP contribution in [0.15, 0.2) is 24.3 Å². The highest BCUT2D eigenvalue weighted by molar-refractivity contribution is 6.31. The van der Waals surface area contributed by atoms with Crippen LogP contribution < -0.4 is 0 Å². The zero-order valence-electron chi connectivity index (χ0n) is 6.62. The first-order chi connectivity index (χ1) is 5.63. The Morgan fingerprint density at radius 3 is 2.82 bits per heavy atom. The van der Waals surface area contributed by atoms with Gasteiger partial charge in [0.2, 0.25) is 0 Å². The molecule has 0 fully saturated rings. The molecule has 0 bridgehead atoms. The van der Waals surface area contributed by atoms with Gasteiger partial charge in [-0.25, -0.2) is 0 Å². The lowest BCUT2D eigenvalue weighted by atomic mass is 10.1. The molecule has 0 aliphatic heterocycles. The maximum Gasteiger partial charge on any atom is 0.307 e. The lowest BCUT2D eigenvalue weighted by Crippen LogP contribution is -1.99. The van der Waals surface area contributed by atoms with Crippen LogP contribution in [0.1, 0.15) is 6.93 Å². The Balaban J connectivity index is 3.02. The van der Waals surface area contributed by atoms with Gasteiger partial charge in [-0.3, -0.25) is 4.79 Å². The summed E-state index contributed by atoms with van der Waals surface area (Å²) >= 11 is 5.68. The number of benzene rings is 1. The summed E-state index contributed by atoms with van der Waals surface area (Å²) in [5.41, 5.74) is 0.326. The van der Waals surface area contributed by atoms with E-state index in [1.54, 1.807) is 18.2 Å². The molecule has 0 radical (unpaired) electrons. The van der Waals surface area contributed by atoms with Crippen LogP contribution in [0.4, 0.5) is 0 Å². The fraction of sp³-hybridized carbons (Fsp3) is 0.125. The van der Waals surface area contributed by atoms with E-state index in [1.165, 1.54) is 6.07 Å². The summed E-state index contributed by atoms with van der Waals surface area (Å²) in [5, 5.41) is 8.83. The molecule has 0 aromatic heterocycles. The lowest BCUT2D eigenvalue weighted by Gasteiger charge is -1.97. The van der Waals surface area contributed by atoms with Gasteiger partial charge in [0.25, 0.3) is 0 Å². The Labute approximate surface area is 70.8 Å². The van der Waals surface area contributed by atoms with E-state index in [1.807, 2.05) is 0 Å². The number of hydrogen-bond acceptors (Lipinski definition) is 1. The average molecular weight is 172 g/mol. The molecular weight excluding hydrogens is 164 g/mol. The fourth-order valence-corrected chi connectivity index (χ4v) is 0.915. The summed E-state index contributed by atoms with van der Waals surface area (Å²) in [6, 6.07) is 6.46. The maximum atomic E-state index is 10.4. The minimum Gasteiger partial charge on any atom is -0.481 e. The van der Waals surface area contributed by atoms with Crippen molar-refractivity contribution in [2.75, 3.05) is 0 Å². The molecule has 3 heteroatoms. The number of carboxylic acid groups (broad SMARTS) is 1. The van der Waals surface area contributed by atoms with Crippen molar-refractivity contribution in [3.63, 3.8) is 0 Å². The lowest BCUT2D eigenvalue weighted by molar-refractivity contribution is -0.136. The monoisotopic (exact) mass is 171 g/mol. The predicted molar refractivity (Wildman–Crippen MR) is 42.8 cm³/mol. The molecule has 1 aromatic rings. The third-order valence-corrected chi connectivity index (χ3v) is 1.53. The highest BCUT2D eigenvalue weighted by Gasteiger charge is 2.02. The molecule has 1 atom stereocenters. The molecule has 1 rings (SSSR count). The highest BCUT2D eigenvalue weighted by Crippen LogP contribution is 2.14. The second kappa shape index (κ2) is 3.39. The number of carbonyl (C=O) groups is 1. The number of halogens is 1. The molecule has 11 heavy (non-hydrogen) atoms. The minimum absolute atomic E-state index is 0.319. The zero-order chi connectivity index (χ0) is 9.14. The zero-order valence-corrected chi connectivity index (χ0v) is 6.38. The predicted octanol–water partition coefficient (Wildman–Crippen LogP) is 1.97. The quantitative estimate of drug-likeness (QED) is 0.739. The van der Waals surface area contributed by atoms with Crippen LogP contribution in [0.25, 0.3) is 0 Å². The molecule has 0 amide bonds. The molecule has 0 aliphatic carbocycles. The van der Waals surface area contributed by atoms with E-state index < -0.39 is 12.4 Å². The summed E-state index contributed by atoms with van der Waals surface area (Å²) in [7, 11) is 0. The molecule has 1 N–H and O–H groups in total. The van der Waals surface area contributed by atoms with E-state index >= 15 is 0 Å². The molecule has 0 spiro atoms. The van der Waals surface area contributed by atoms with Gasteiger partial charge in [-0.15, -0.1) is 0 Å². The largest absolute Gasteiger partial charge is 0.481 e. The van der Waals surface area contributed by atoms with Crippen molar-refractivity contribution in [2.24, 2.45) is 0 Å². The van der Waals surface area contributed by atoms with E-state index in [0.29, 0.717) is 10.6 Å². The van der Waals surface area contributed by atoms with Gasteiger partial charge in [0.05, 0.1) is 6.40 Å². The van der Waals surface area contributed by atoms with Crippen molar-refractivity contribution < 1.29 is 11.3 Å². The number of aliphatic carboxylic acids is 1. The van der Waals surface area contributed by atoms with Gasteiger partial charge < -0.3 is 5.11 Å². The van der Waals surface area contributed by atoms with Crippen LogP contribution in [0.2, 0.25) is 5.02 Å². The van der Waals surface area contributed by atoms with Crippen LogP contribution in [0, 0.1) is 0 Å². The first-order valence-corrected chi connectivity index (χ1v) is 3.40. The van der Waals surface area contributed by atoms with Crippen molar-refractivity contribution >= 4 is 17.6 Å². The first-order valence-electron chi connectivity index (χ1n) is 3.60. The Kier molecular flexibility index (Phi) is 2.06. The third kappa shape index (κ3) is 2.24. The first kappa shape index (κ1) is 6.68. The summed E-state index contributed by atoms with van der Waals surface area (Å²) in [6.45, 7) is 0. The third-order valence-electron chi connectivity index (χ3n) is 1.18. The summed E-state index contributed by atoms with van der Waals surface area (Å²) in [4.78, 5) is 10.4. The second-order valence-electron chi connectivity index (χ2n) is 2.00. The van der Waals surface area contributed by atoms with E-state index in [2.05, 4.69) is 0 Å². The van der Waals surface area contributed by atoms with E-state index in [0.717, 1.165) is 0 Å². The van der Waals surface area contributed by atoms with Crippen LogP contribution >= 0.6 is 11.6 Å². The van der Waals surface area contributed by atoms with Crippen LogP contribution in [-0.2, 0) is 11.2 Å². The van der Waals surface area contributed by atoms with Crippen LogP contribution in [0.5, 0.6) is 0 Å². The molecule has 58 valence electrons. The van der Waals surface area contributed by atoms with E-state index in [-0.39, 0.29) is 0 Å². The molecule has 0 aliphatic rings. The molecule has 0 heterocycles. The van der Waals surface area contributed by atoms with Gasteiger partial charge in [-0.2, -0.15) is 0 Å². The van der Waals surface area contributed by atoms with Gasteiger partial charge in [-0.1, -0.05) is 29.8 Å². The van der Waals surface area contributed by atoms with Crippen molar-refractivity contribution in [3.05, 3.63) is 34.9 Å². The summed E-state index contributed by atoms with van der Waals surface area (Å²) in [6.07, 6.45) is -1.29. The Bertz CT molecular complexity index is 301. The van der Waals surface area contributed by atoms with Crippen molar-refractivity contribution in [3.8, 4) is 0 Å². The van der Waals surface area contributed by atoms with Gasteiger partial charge >= 0.3 is 5.97 Å². The highest BCUT2D eigenvalue weighted by atomic mass is 35.5. The average Bonchev–Trinajstić information content (AvgIpc) is 2.04. The fourth-order valence-electron chi connectivity index (χ4n) is 0.725. The standard InChI is InChI=1S/C8H7ClO2/c9-7-4-2-1-3-6(7)5-8(10)11/h1-4H,5H2,(H,10,11)/i5D. The topological polar surface area (TPSA) is 37.3 Å². The molecule has 2 nitrogen and oxygen atoms in total. The van der Waals surface area contributed by atoms with Crippen LogP contribution in [-0.4, -0.2) is 11.1 Å². The number of hydrogen-bond donors (Lipinski definition) is 1. The molecule has 1 aromatic carbocycles. The minimum atomic E-state index is -1.29. The number of rotatable bonds is 2. The Hall–Kier alpha value is -1.02. The van der Waals surface area contributed by atoms with Crippen molar-refractivity contribution in [1.29, 1.82) is 0 Å². The normalized spacial score (nSPS) is 13.7. The van der Waals surface area contributed by atoms with Gasteiger partial charge in [-0.05, 0) is 11.6 Å². The van der Waals surface area contributed by atoms with Crippen molar-refractivity contribution in [2.45, 2.75) is 6.40 Å². The molecule has 1 unspecified atom stereocenters. The number of carboxylic acids is 1. The molecular formula is C8H7ClO2. The van der Waals surface area contributed by atoms with Crippen LogP contribution in [0.3, 0.4) is 0 Å². The van der Waals surface area contributed by atoms with E-state index in [4.69, 9.17) is 18.1 Å². The smallest absolute Gasteiger partial charge is 0.307 e. The summed E-state index contributed by atoms with van der Waals surface area (Å²) in [5.74, 6) is -1.19.